The zero-order chi connectivity index (χ0) is 20.4. The monoisotopic (exact) mass is 410 g/mol. The highest BCUT2D eigenvalue weighted by molar-refractivity contribution is 6.33. The van der Waals surface area contributed by atoms with Crippen molar-refractivity contribution in [2.45, 2.75) is 25.6 Å². The summed E-state index contributed by atoms with van der Waals surface area (Å²) in [5.74, 6) is -0.0962. The Labute approximate surface area is 176 Å². The van der Waals surface area contributed by atoms with Crippen molar-refractivity contribution < 1.29 is 9.50 Å². The predicted molar refractivity (Wildman–Crippen MR) is 116 cm³/mol. The average Bonchev–Trinajstić information content (AvgIpc) is 2.71. The Morgan fingerprint density at radius 2 is 1.72 bits per heavy atom. The summed E-state index contributed by atoms with van der Waals surface area (Å²) in [5, 5.41) is 10.3. The number of phenols is 1. The van der Waals surface area contributed by atoms with Gasteiger partial charge in [0.25, 0.3) is 0 Å². The van der Waals surface area contributed by atoms with Crippen LogP contribution in [0.3, 0.4) is 0 Å². The Morgan fingerprint density at radius 1 is 1.00 bits per heavy atom. The predicted octanol–water partition coefficient (Wildman–Crippen LogP) is 5.64. The van der Waals surface area contributed by atoms with Crippen LogP contribution in [0.25, 0.3) is 0 Å². The summed E-state index contributed by atoms with van der Waals surface area (Å²) < 4.78 is 13.5. The van der Waals surface area contributed by atoms with Crippen LogP contribution >= 0.6 is 11.6 Å². The molecule has 1 aliphatic rings. The molecule has 5 heteroatoms. The van der Waals surface area contributed by atoms with Crippen molar-refractivity contribution in [2.24, 2.45) is 0 Å². The van der Waals surface area contributed by atoms with E-state index >= 15 is 0 Å². The van der Waals surface area contributed by atoms with Crippen LogP contribution in [0.15, 0.2) is 72.8 Å². The highest BCUT2D eigenvalue weighted by Gasteiger charge is 2.33. The fourth-order valence-electron chi connectivity index (χ4n) is 4.03. The van der Waals surface area contributed by atoms with Gasteiger partial charge in [0, 0.05) is 31.7 Å². The molecule has 0 radical (unpaired) electrons. The van der Waals surface area contributed by atoms with Gasteiger partial charge in [-0.25, -0.2) is 4.39 Å². The van der Waals surface area contributed by atoms with Crippen LogP contribution in [0, 0.1) is 5.82 Å². The van der Waals surface area contributed by atoms with E-state index in [1.807, 2.05) is 24.3 Å². The highest BCUT2D eigenvalue weighted by atomic mass is 35.5. The third kappa shape index (κ3) is 4.39. The van der Waals surface area contributed by atoms with Crippen molar-refractivity contribution in [2.75, 3.05) is 18.0 Å². The summed E-state index contributed by atoms with van der Waals surface area (Å²) in [6.07, 6.45) is 0. The normalized spacial score (nSPS) is 20.0. The summed E-state index contributed by atoms with van der Waals surface area (Å²) >= 11 is 6.48. The van der Waals surface area contributed by atoms with Gasteiger partial charge in [-0.15, -0.1) is 0 Å². The van der Waals surface area contributed by atoms with E-state index in [-0.39, 0.29) is 17.6 Å². The summed E-state index contributed by atoms with van der Waals surface area (Å²) in [7, 11) is 0. The quantitative estimate of drug-likeness (QED) is 0.603. The molecule has 4 rings (SSSR count). The molecule has 3 aromatic carbocycles. The molecule has 29 heavy (non-hydrogen) atoms. The average molecular weight is 411 g/mol. The minimum absolute atomic E-state index is 0.0255. The van der Waals surface area contributed by atoms with Crippen molar-refractivity contribution in [3.63, 3.8) is 0 Å². The van der Waals surface area contributed by atoms with Crippen LogP contribution < -0.4 is 4.90 Å². The van der Waals surface area contributed by atoms with E-state index in [9.17, 15) is 9.50 Å². The first-order valence-corrected chi connectivity index (χ1v) is 10.2. The number of nitrogens with zero attached hydrogens (tertiary/aromatic N) is 2. The third-order valence-corrected chi connectivity index (χ3v) is 5.89. The molecular weight excluding hydrogens is 387 g/mol. The third-order valence-electron chi connectivity index (χ3n) is 5.59. The Bertz CT molecular complexity index is 964. The molecule has 1 unspecified atom stereocenters. The molecular formula is C24H24ClFN2O. The molecule has 0 aliphatic carbocycles. The van der Waals surface area contributed by atoms with Crippen molar-refractivity contribution >= 4 is 17.3 Å². The molecule has 1 heterocycles. The minimum atomic E-state index is -0.242. The van der Waals surface area contributed by atoms with Crippen molar-refractivity contribution in [1.29, 1.82) is 0 Å². The van der Waals surface area contributed by atoms with Crippen molar-refractivity contribution in [1.82, 2.24) is 4.90 Å². The zero-order valence-electron chi connectivity index (χ0n) is 16.3. The topological polar surface area (TPSA) is 26.7 Å². The van der Waals surface area contributed by atoms with E-state index in [0.29, 0.717) is 11.1 Å². The fraction of sp³-hybridized carbons (Fsp3) is 0.250. The van der Waals surface area contributed by atoms with Crippen LogP contribution in [-0.2, 0) is 6.54 Å². The maximum absolute atomic E-state index is 13.5. The lowest BCUT2D eigenvalue weighted by molar-refractivity contribution is 0.153. The number of benzene rings is 3. The fourth-order valence-corrected chi connectivity index (χ4v) is 4.31. The molecule has 2 atom stereocenters. The number of piperazine rings is 1. The van der Waals surface area contributed by atoms with Crippen molar-refractivity contribution in [3.05, 3.63) is 94.8 Å². The first-order valence-electron chi connectivity index (χ1n) is 9.80. The zero-order valence-corrected chi connectivity index (χ0v) is 17.1. The Kier molecular flexibility index (Phi) is 5.74. The van der Waals surface area contributed by atoms with Gasteiger partial charge in [0.15, 0.2) is 0 Å². The summed E-state index contributed by atoms with van der Waals surface area (Å²) in [5.41, 5.74) is 3.19. The van der Waals surface area contributed by atoms with Crippen LogP contribution in [-0.4, -0.2) is 29.1 Å². The number of aromatic hydroxyl groups is 1. The minimum Gasteiger partial charge on any atom is -0.508 e. The molecule has 0 aromatic heterocycles. The van der Waals surface area contributed by atoms with E-state index in [4.69, 9.17) is 11.6 Å². The largest absolute Gasteiger partial charge is 0.508 e. The lowest BCUT2D eigenvalue weighted by atomic mass is 9.98. The molecule has 0 amide bonds. The first kappa shape index (κ1) is 19.7. The lowest BCUT2D eigenvalue weighted by Gasteiger charge is -2.47. The lowest BCUT2D eigenvalue weighted by Crippen LogP contribution is -2.53. The molecule has 1 saturated heterocycles. The second kappa shape index (κ2) is 8.44. The SMILES string of the molecule is C[C@@H]1CN(c2ccc(O)cc2Cl)C(c2ccc(F)cc2)CN1Cc1ccccc1. The van der Waals surface area contributed by atoms with Gasteiger partial charge in [-0.05, 0) is 42.3 Å². The van der Waals surface area contributed by atoms with Crippen molar-refractivity contribution in [3.8, 4) is 5.75 Å². The maximum atomic E-state index is 13.5. The van der Waals surface area contributed by atoms with Gasteiger partial charge in [0.05, 0.1) is 16.8 Å². The van der Waals surface area contributed by atoms with E-state index in [1.54, 1.807) is 12.1 Å². The molecule has 0 bridgehead atoms. The number of anilines is 1. The van der Waals surface area contributed by atoms with Gasteiger partial charge >= 0.3 is 0 Å². The van der Waals surface area contributed by atoms with Gasteiger partial charge in [-0.3, -0.25) is 4.90 Å². The Balaban J connectivity index is 1.68. The molecule has 1 aliphatic heterocycles. The number of hydrogen-bond donors (Lipinski definition) is 1. The summed E-state index contributed by atoms with van der Waals surface area (Å²) in [6, 6.07) is 22.5. The molecule has 0 saturated carbocycles. The second-order valence-corrected chi connectivity index (χ2v) is 8.03. The van der Waals surface area contributed by atoms with Gasteiger partial charge in [-0.1, -0.05) is 54.1 Å². The second-order valence-electron chi connectivity index (χ2n) is 7.62. The van der Waals surface area contributed by atoms with E-state index in [2.05, 4.69) is 41.0 Å². The molecule has 3 aromatic rings. The molecule has 150 valence electrons. The number of halogens is 2. The number of phenolic OH excluding ortho intramolecular Hbond substituents is 1. The molecule has 0 spiro atoms. The highest BCUT2D eigenvalue weighted by Crippen LogP contribution is 2.38. The molecule has 1 N–H and O–H groups in total. The number of rotatable bonds is 4. The smallest absolute Gasteiger partial charge is 0.123 e. The molecule has 1 fully saturated rings. The Morgan fingerprint density at radius 3 is 2.41 bits per heavy atom. The first-order chi connectivity index (χ1) is 14.0. The van der Waals surface area contributed by atoms with Crippen LogP contribution in [0.1, 0.15) is 24.1 Å². The van der Waals surface area contributed by atoms with Crippen LogP contribution in [0.4, 0.5) is 10.1 Å². The van der Waals surface area contributed by atoms with E-state index in [1.165, 1.54) is 17.7 Å². The number of hydrogen-bond acceptors (Lipinski definition) is 3. The summed E-state index contributed by atoms with van der Waals surface area (Å²) in [6.45, 7) is 4.64. The van der Waals surface area contributed by atoms with Gasteiger partial charge in [-0.2, -0.15) is 0 Å². The molecule has 3 nitrogen and oxygen atoms in total. The van der Waals surface area contributed by atoms with E-state index in [0.717, 1.165) is 30.9 Å². The van der Waals surface area contributed by atoms with E-state index < -0.39 is 0 Å². The van der Waals surface area contributed by atoms with Crippen LogP contribution in [0.2, 0.25) is 5.02 Å². The summed E-state index contributed by atoms with van der Waals surface area (Å²) in [4.78, 5) is 4.72. The Hall–Kier alpha value is -2.56. The standard InChI is InChI=1S/C24H24ClFN2O/c1-17-14-28(23-12-11-21(29)13-22(23)25)24(19-7-9-20(26)10-8-19)16-27(17)15-18-5-3-2-4-6-18/h2-13,17,24,29H,14-16H2,1H3/t17-,24?/m1/s1. The van der Waals surface area contributed by atoms with Gasteiger partial charge < -0.3 is 10.0 Å². The van der Waals surface area contributed by atoms with Crippen LogP contribution in [0.5, 0.6) is 5.75 Å². The van der Waals surface area contributed by atoms with Gasteiger partial charge in [0.2, 0.25) is 0 Å². The van der Waals surface area contributed by atoms with Gasteiger partial charge in [0.1, 0.15) is 11.6 Å². The maximum Gasteiger partial charge on any atom is 0.123 e.